The molecule has 0 aliphatic carbocycles. The SMILES string of the molecule is FS(F)(F)(F)(Cl)c1ccccn1. The molecular formula is C5H4ClF4NS. The van der Waals surface area contributed by atoms with Gasteiger partial charge in [-0.25, -0.2) is 4.98 Å². The Bertz CT molecular complexity index is 293. The van der Waals surface area contributed by atoms with Crippen molar-refractivity contribution in [3.63, 3.8) is 0 Å². The van der Waals surface area contributed by atoms with Crippen molar-refractivity contribution in [3.05, 3.63) is 24.4 Å². The molecule has 0 aliphatic rings. The molecule has 1 aromatic rings. The van der Waals surface area contributed by atoms with Crippen LogP contribution in [0, 0.1) is 0 Å². The quantitative estimate of drug-likeness (QED) is 0.653. The van der Waals surface area contributed by atoms with E-state index >= 15 is 0 Å². The largest absolute Gasteiger partial charge is 0.268 e. The van der Waals surface area contributed by atoms with E-state index in [-0.39, 0.29) is 0 Å². The van der Waals surface area contributed by atoms with Crippen LogP contribution >= 0.6 is 19.7 Å². The fourth-order valence-electron chi connectivity index (χ4n) is 0.575. The lowest BCUT2D eigenvalue weighted by atomic mass is 10.5. The van der Waals surface area contributed by atoms with Crippen LogP contribution in [0.1, 0.15) is 0 Å². The first-order valence-corrected chi connectivity index (χ1v) is 5.62. The molecule has 1 aromatic heterocycles. The highest BCUT2D eigenvalue weighted by Crippen LogP contribution is 3.03. The Morgan fingerprint density at radius 2 is 1.75 bits per heavy atom. The maximum atomic E-state index is 12.3. The minimum atomic E-state index is -8.57. The van der Waals surface area contributed by atoms with E-state index in [1.165, 1.54) is 6.07 Å². The molecule has 0 saturated heterocycles. The van der Waals surface area contributed by atoms with E-state index in [2.05, 4.69) is 15.7 Å². The van der Waals surface area contributed by atoms with Gasteiger partial charge in [-0.2, -0.15) is 0 Å². The van der Waals surface area contributed by atoms with Crippen molar-refractivity contribution in [2.24, 2.45) is 0 Å². The van der Waals surface area contributed by atoms with Gasteiger partial charge < -0.3 is 0 Å². The third-order valence-corrected chi connectivity index (χ3v) is 2.54. The van der Waals surface area contributed by atoms with Crippen molar-refractivity contribution in [2.75, 3.05) is 0 Å². The minimum Gasteiger partial charge on any atom is -0.242 e. The number of nitrogens with zero attached hydrogens (tertiary/aromatic N) is 1. The summed E-state index contributed by atoms with van der Waals surface area (Å²) in [6.07, 6.45) is 0.829. The van der Waals surface area contributed by atoms with Crippen LogP contribution in [0.25, 0.3) is 0 Å². The van der Waals surface area contributed by atoms with Crippen LogP contribution in [-0.4, -0.2) is 4.98 Å². The van der Waals surface area contributed by atoms with Crippen molar-refractivity contribution in [1.29, 1.82) is 0 Å². The van der Waals surface area contributed by atoms with Gasteiger partial charge in [0.05, 0.1) is 0 Å². The average molecular weight is 222 g/mol. The fraction of sp³-hybridized carbons (Fsp3) is 0. The van der Waals surface area contributed by atoms with Gasteiger partial charge in [-0.05, 0) is 12.1 Å². The summed E-state index contributed by atoms with van der Waals surface area (Å²) in [6, 6.07) is 2.75. The molecule has 0 radical (unpaired) electrons. The molecule has 12 heavy (non-hydrogen) atoms. The molecule has 0 aromatic carbocycles. The van der Waals surface area contributed by atoms with Crippen LogP contribution < -0.4 is 0 Å². The van der Waals surface area contributed by atoms with Gasteiger partial charge in [0.1, 0.15) is 0 Å². The van der Waals surface area contributed by atoms with Gasteiger partial charge in [0, 0.05) is 16.9 Å². The zero-order chi connectivity index (χ0) is 9.52. The van der Waals surface area contributed by atoms with Gasteiger partial charge in [0.15, 0.2) is 5.03 Å². The highest BCUT2D eigenvalue weighted by Gasteiger charge is 2.64. The van der Waals surface area contributed by atoms with E-state index in [1.807, 2.05) is 0 Å². The van der Waals surface area contributed by atoms with Crippen LogP contribution in [0.2, 0.25) is 0 Å². The predicted octanol–water partition coefficient (Wildman–Crippen LogP) is 4.01. The second-order valence-electron chi connectivity index (χ2n) is 2.14. The summed E-state index contributed by atoms with van der Waals surface area (Å²) >= 11 is 0. The number of aromatic nitrogens is 1. The smallest absolute Gasteiger partial charge is 0.242 e. The Kier molecular flexibility index (Phi) is 1.50. The van der Waals surface area contributed by atoms with Crippen LogP contribution in [0.3, 0.4) is 0 Å². The predicted molar refractivity (Wildman–Crippen MR) is 40.4 cm³/mol. The summed E-state index contributed by atoms with van der Waals surface area (Å²) in [7, 11) is -4.61. The zero-order valence-electron chi connectivity index (χ0n) is 5.55. The van der Waals surface area contributed by atoms with Gasteiger partial charge >= 0.3 is 0 Å². The van der Waals surface area contributed by atoms with Gasteiger partial charge in [0.25, 0.3) is 9.05 Å². The summed E-state index contributed by atoms with van der Waals surface area (Å²) < 4.78 is 49.3. The molecule has 1 nitrogen and oxygen atoms in total. The van der Waals surface area contributed by atoms with E-state index in [0.717, 1.165) is 12.3 Å². The van der Waals surface area contributed by atoms with Gasteiger partial charge in [-0.3, -0.25) is 0 Å². The lowest BCUT2D eigenvalue weighted by Crippen LogP contribution is -2.06. The lowest BCUT2D eigenvalue weighted by molar-refractivity contribution is 0.473. The highest BCUT2D eigenvalue weighted by atomic mass is 35.7. The molecule has 0 amide bonds. The van der Waals surface area contributed by atoms with E-state index in [4.69, 9.17) is 0 Å². The molecule has 0 aliphatic heterocycles. The maximum absolute atomic E-state index is 12.3. The molecule has 0 spiro atoms. The molecule has 7 heteroatoms. The number of hydrogen-bond acceptors (Lipinski definition) is 1. The summed E-state index contributed by atoms with van der Waals surface area (Å²) in [5.41, 5.74) is 0. The molecule has 0 saturated carbocycles. The van der Waals surface area contributed by atoms with Gasteiger partial charge in [-0.1, -0.05) is 6.07 Å². The molecule has 0 atom stereocenters. The Labute approximate surface area is 70.3 Å². The van der Waals surface area contributed by atoms with Gasteiger partial charge in [0.2, 0.25) is 0 Å². The monoisotopic (exact) mass is 221 g/mol. The Hall–Kier alpha value is -0.490. The standard InChI is InChI=1S/C5H4ClF4NS/c6-12(7,8,9,10)5-3-1-2-4-11-5/h1-4H. The Balaban J connectivity index is 3.36. The molecule has 0 bridgehead atoms. The highest BCUT2D eigenvalue weighted by molar-refractivity contribution is 8.65. The molecule has 70 valence electrons. The van der Waals surface area contributed by atoms with Gasteiger partial charge in [-0.15, -0.1) is 15.5 Å². The van der Waals surface area contributed by atoms with E-state index < -0.39 is 14.1 Å². The van der Waals surface area contributed by atoms with E-state index in [9.17, 15) is 15.5 Å². The van der Waals surface area contributed by atoms with Crippen molar-refractivity contribution < 1.29 is 15.5 Å². The summed E-state index contributed by atoms with van der Waals surface area (Å²) in [5.74, 6) is 0. The second kappa shape index (κ2) is 1.88. The van der Waals surface area contributed by atoms with Crippen LogP contribution in [0.4, 0.5) is 15.5 Å². The molecule has 1 heterocycles. The first-order valence-electron chi connectivity index (χ1n) is 2.75. The molecular weight excluding hydrogens is 218 g/mol. The third-order valence-electron chi connectivity index (χ3n) is 1.03. The minimum absolute atomic E-state index is 0.495. The molecule has 0 fully saturated rings. The number of hydrogen-bond donors (Lipinski definition) is 0. The van der Waals surface area contributed by atoms with Crippen LogP contribution in [0.5, 0.6) is 0 Å². The Morgan fingerprint density at radius 1 is 1.17 bits per heavy atom. The molecule has 1 rings (SSSR count). The fourth-order valence-corrected chi connectivity index (χ4v) is 1.44. The maximum Gasteiger partial charge on any atom is 0.268 e. The van der Waals surface area contributed by atoms with Crippen LogP contribution in [-0.2, 0) is 0 Å². The van der Waals surface area contributed by atoms with E-state index in [1.54, 1.807) is 0 Å². The van der Waals surface area contributed by atoms with E-state index in [0.29, 0.717) is 6.07 Å². The normalized spacial score (nSPS) is 18.1. The first kappa shape index (κ1) is 9.60. The summed E-state index contributed by atoms with van der Waals surface area (Å²) in [5, 5.41) is -1.67. The Morgan fingerprint density at radius 3 is 2.00 bits per heavy atom. The number of pyridine rings is 1. The summed E-state index contributed by atoms with van der Waals surface area (Å²) in [6.45, 7) is 0. The number of halogens is 5. The van der Waals surface area contributed by atoms with Crippen molar-refractivity contribution in [2.45, 2.75) is 5.03 Å². The number of rotatable bonds is 1. The second-order valence-corrected chi connectivity index (χ2v) is 6.36. The van der Waals surface area contributed by atoms with Crippen LogP contribution in [0.15, 0.2) is 29.4 Å². The molecule has 0 N–H and O–H groups in total. The summed E-state index contributed by atoms with van der Waals surface area (Å²) in [4.78, 5) is 2.81. The third kappa shape index (κ3) is 2.25. The first-order chi connectivity index (χ1) is 5.09. The average Bonchev–Trinajstić information content (AvgIpc) is 1.85. The van der Waals surface area contributed by atoms with Crippen molar-refractivity contribution in [3.8, 4) is 0 Å². The topological polar surface area (TPSA) is 12.9 Å². The lowest BCUT2D eigenvalue weighted by Gasteiger charge is -2.41. The zero-order valence-corrected chi connectivity index (χ0v) is 7.13. The molecule has 0 unspecified atom stereocenters. The van der Waals surface area contributed by atoms with Crippen molar-refractivity contribution in [1.82, 2.24) is 4.98 Å². The van der Waals surface area contributed by atoms with Crippen molar-refractivity contribution >= 4 is 19.7 Å².